The zero-order valence-electron chi connectivity index (χ0n) is 11.4. The van der Waals surface area contributed by atoms with Gasteiger partial charge in [-0.2, -0.15) is 0 Å². The fraction of sp³-hybridized carbons (Fsp3) is 1.00. The minimum atomic E-state index is -0.234. The van der Waals surface area contributed by atoms with Gasteiger partial charge in [-0.25, -0.2) is 0 Å². The Kier molecular flexibility index (Phi) is 2.15. The van der Waals surface area contributed by atoms with Crippen molar-refractivity contribution in [1.29, 1.82) is 0 Å². The van der Waals surface area contributed by atoms with Crippen molar-refractivity contribution in [3.8, 4) is 0 Å². The van der Waals surface area contributed by atoms with Crippen molar-refractivity contribution in [2.45, 2.75) is 63.3 Å². The highest BCUT2D eigenvalue weighted by molar-refractivity contribution is 5.15. The largest absolute Gasteiger partial charge is 0.390 e. The average Bonchev–Trinajstić information content (AvgIpc) is 3.23. The molecule has 0 unspecified atom stereocenters. The third kappa shape index (κ3) is 1.41. The highest BCUT2D eigenvalue weighted by Crippen LogP contribution is 2.62. The molecular weight excluding hydrogens is 228 g/mol. The van der Waals surface area contributed by atoms with E-state index in [0.717, 1.165) is 26.1 Å². The van der Waals surface area contributed by atoms with Gasteiger partial charge in [0.25, 0.3) is 0 Å². The van der Waals surface area contributed by atoms with Gasteiger partial charge in [-0.05, 0) is 56.3 Å². The lowest BCUT2D eigenvalue weighted by Crippen LogP contribution is -2.54. The topological polar surface area (TPSA) is 45.3 Å². The van der Waals surface area contributed by atoms with Gasteiger partial charge in [-0.3, -0.25) is 0 Å². The van der Waals surface area contributed by atoms with E-state index < -0.39 is 0 Å². The summed E-state index contributed by atoms with van der Waals surface area (Å²) in [6, 6.07) is 0. The first-order valence-corrected chi connectivity index (χ1v) is 7.45. The lowest BCUT2D eigenvalue weighted by Gasteiger charge is -2.52. The molecule has 2 saturated carbocycles. The molecule has 2 aliphatic carbocycles. The Hall–Kier alpha value is -0.120. The van der Waals surface area contributed by atoms with Crippen LogP contribution in [0.5, 0.6) is 0 Å². The van der Waals surface area contributed by atoms with Gasteiger partial charge in [0, 0.05) is 0 Å². The molecule has 4 aliphatic rings. The molecule has 0 aromatic heterocycles. The molecule has 18 heavy (non-hydrogen) atoms. The second kappa shape index (κ2) is 3.31. The molecule has 3 heteroatoms. The van der Waals surface area contributed by atoms with Gasteiger partial charge in [0.2, 0.25) is 0 Å². The van der Waals surface area contributed by atoms with Gasteiger partial charge in [-0.15, -0.1) is 0 Å². The first kappa shape index (κ1) is 11.7. The maximum atomic E-state index is 10.3. The van der Waals surface area contributed by atoms with Crippen LogP contribution in [0.1, 0.15) is 46.0 Å². The predicted octanol–water partition coefficient (Wildman–Crippen LogP) is 2.12. The summed E-state index contributed by atoms with van der Waals surface area (Å²) in [4.78, 5) is 0. The second-order valence-electron chi connectivity index (χ2n) is 7.58. The number of ether oxygens (including phenoxy) is 2. The quantitative estimate of drug-likeness (QED) is 0.727. The fourth-order valence-corrected chi connectivity index (χ4v) is 4.78. The summed E-state index contributed by atoms with van der Waals surface area (Å²) >= 11 is 0. The van der Waals surface area contributed by atoms with Crippen molar-refractivity contribution >= 4 is 0 Å². The van der Waals surface area contributed by atoms with Gasteiger partial charge < -0.3 is 14.6 Å². The molecule has 2 saturated heterocycles. The van der Waals surface area contributed by atoms with E-state index in [4.69, 9.17) is 9.47 Å². The Morgan fingerprint density at radius 3 is 2.33 bits per heavy atom. The Morgan fingerprint density at radius 1 is 1.06 bits per heavy atom. The summed E-state index contributed by atoms with van der Waals surface area (Å²) < 4.78 is 11.4. The summed E-state index contributed by atoms with van der Waals surface area (Å²) in [6.07, 6.45) is 5.60. The summed E-state index contributed by atoms with van der Waals surface area (Å²) in [5.74, 6) is 1.20. The number of fused-ring (bicyclic) bond motifs is 2. The van der Waals surface area contributed by atoms with Gasteiger partial charge in [-0.1, -0.05) is 6.92 Å². The van der Waals surface area contributed by atoms with Crippen LogP contribution in [0.25, 0.3) is 0 Å². The maximum absolute atomic E-state index is 10.3. The average molecular weight is 252 g/mol. The summed E-state index contributed by atoms with van der Waals surface area (Å²) in [7, 11) is 0. The van der Waals surface area contributed by atoms with Crippen LogP contribution in [0, 0.1) is 17.3 Å². The zero-order chi connectivity index (χ0) is 12.6. The Labute approximate surface area is 109 Å². The summed E-state index contributed by atoms with van der Waals surface area (Å²) in [5.41, 5.74) is 0.341. The van der Waals surface area contributed by atoms with Gasteiger partial charge >= 0.3 is 0 Å². The molecule has 0 aromatic carbocycles. The fourth-order valence-electron chi connectivity index (χ4n) is 4.78. The highest BCUT2D eigenvalue weighted by Gasteiger charge is 2.66. The smallest absolute Gasteiger partial charge is 0.121 e. The summed E-state index contributed by atoms with van der Waals surface area (Å²) in [6.45, 7) is 6.37. The Bertz CT molecular complexity index is 370. The Balaban J connectivity index is 1.62. The normalized spacial score (nSPS) is 62.5. The van der Waals surface area contributed by atoms with Crippen LogP contribution in [0.3, 0.4) is 0 Å². The van der Waals surface area contributed by atoms with E-state index in [2.05, 4.69) is 13.8 Å². The summed E-state index contributed by atoms with van der Waals surface area (Å²) in [5, 5.41) is 10.3. The third-order valence-electron chi connectivity index (χ3n) is 6.51. The van der Waals surface area contributed by atoms with Crippen molar-refractivity contribution in [2.24, 2.45) is 17.3 Å². The van der Waals surface area contributed by atoms with Crippen LogP contribution in [0.4, 0.5) is 0 Å². The molecule has 102 valence electrons. The van der Waals surface area contributed by atoms with Crippen LogP contribution in [-0.4, -0.2) is 35.6 Å². The van der Waals surface area contributed by atoms with Crippen LogP contribution in [0.15, 0.2) is 0 Å². The van der Waals surface area contributed by atoms with E-state index in [1.807, 2.05) is 0 Å². The Morgan fingerprint density at radius 2 is 1.72 bits per heavy atom. The monoisotopic (exact) mass is 252 g/mol. The van der Waals surface area contributed by atoms with Crippen molar-refractivity contribution in [3.05, 3.63) is 0 Å². The molecule has 1 spiro atoms. The van der Waals surface area contributed by atoms with Gasteiger partial charge in [0.05, 0.1) is 24.9 Å². The van der Waals surface area contributed by atoms with E-state index in [9.17, 15) is 5.11 Å². The van der Waals surface area contributed by atoms with Crippen molar-refractivity contribution < 1.29 is 14.6 Å². The maximum Gasteiger partial charge on any atom is 0.121 e. The number of rotatable bonds is 1. The minimum Gasteiger partial charge on any atom is -0.390 e. The lowest BCUT2D eigenvalue weighted by atomic mass is 9.53. The van der Waals surface area contributed by atoms with Gasteiger partial charge in [0.15, 0.2) is 0 Å². The molecule has 0 amide bonds. The SMILES string of the molecule is C[C@@]12CC[C@H]([C@@]3(C)CO3)C[C@H]1[C@@]1(CO1)[C@H](O)CC2. The number of epoxide rings is 2. The standard InChI is InChI=1S/C15H24O3/c1-13-5-3-10(14(2)8-17-14)7-11(13)15(9-18-15)12(16)4-6-13/h10-12,16H,3-9H2,1-2H3/t10-,11+,12+,13-,14+,15-/m0/s1. The minimum absolute atomic E-state index is 0.139. The van der Waals surface area contributed by atoms with E-state index in [1.54, 1.807) is 0 Å². The molecular formula is C15H24O3. The van der Waals surface area contributed by atoms with Gasteiger partial charge in [0.1, 0.15) is 5.60 Å². The van der Waals surface area contributed by atoms with Crippen LogP contribution >= 0.6 is 0 Å². The molecule has 0 radical (unpaired) electrons. The molecule has 2 heterocycles. The van der Waals surface area contributed by atoms with Crippen LogP contribution in [-0.2, 0) is 9.47 Å². The number of hydrogen-bond donors (Lipinski definition) is 1. The molecule has 0 bridgehead atoms. The van der Waals surface area contributed by atoms with Crippen LogP contribution < -0.4 is 0 Å². The zero-order valence-corrected chi connectivity index (χ0v) is 11.4. The van der Waals surface area contributed by atoms with E-state index >= 15 is 0 Å². The number of hydrogen-bond acceptors (Lipinski definition) is 3. The number of aliphatic hydroxyl groups excluding tert-OH is 1. The number of aliphatic hydroxyl groups is 1. The van der Waals surface area contributed by atoms with Crippen molar-refractivity contribution in [2.75, 3.05) is 13.2 Å². The predicted molar refractivity (Wildman–Crippen MR) is 67.2 cm³/mol. The molecule has 0 aromatic rings. The first-order valence-electron chi connectivity index (χ1n) is 7.45. The van der Waals surface area contributed by atoms with Crippen molar-refractivity contribution in [1.82, 2.24) is 0 Å². The molecule has 6 atom stereocenters. The van der Waals surface area contributed by atoms with Crippen LogP contribution in [0.2, 0.25) is 0 Å². The molecule has 4 rings (SSSR count). The highest BCUT2D eigenvalue weighted by atomic mass is 16.6. The van der Waals surface area contributed by atoms with E-state index in [0.29, 0.717) is 17.3 Å². The molecule has 1 N–H and O–H groups in total. The molecule has 3 nitrogen and oxygen atoms in total. The molecule has 2 aliphatic heterocycles. The van der Waals surface area contributed by atoms with E-state index in [-0.39, 0.29) is 17.3 Å². The first-order chi connectivity index (χ1) is 8.49. The van der Waals surface area contributed by atoms with Crippen molar-refractivity contribution in [3.63, 3.8) is 0 Å². The lowest BCUT2D eigenvalue weighted by molar-refractivity contribution is -0.0964. The van der Waals surface area contributed by atoms with E-state index in [1.165, 1.54) is 19.3 Å². The molecule has 4 fully saturated rings. The second-order valence-corrected chi connectivity index (χ2v) is 7.58. The third-order valence-corrected chi connectivity index (χ3v) is 6.51.